The van der Waals surface area contributed by atoms with E-state index < -0.39 is 11.9 Å². The number of nitrogens with one attached hydrogen (secondary N) is 1. The SMILES string of the molecule is O=C(CCc1nc2sc3c(c2c(=O)[nH]1)CCCC3)OCCOC(=O)c1ccccc1. The number of aryl methyl sites for hydroxylation is 3. The highest BCUT2D eigenvalue weighted by Crippen LogP contribution is 2.33. The summed E-state index contributed by atoms with van der Waals surface area (Å²) in [5.74, 6) is -0.405. The normalized spacial score (nSPS) is 13.1. The van der Waals surface area contributed by atoms with Gasteiger partial charge in [-0.3, -0.25) is 9.59 Å². The van der Waals surface area contributed by atoms with Crippen LogP contribution < -0.4 is 5.56 Å². The molecule has 0 saturated carbocycles. The Morgan fingerprint density at radius 3 is 2.67 bits per heavy atom. The minimum absolute atomic E-state index is 0.0126. The molecule has 30 heavy (non-hydrogen) atoms. The second-order valence-electron chi connectivity index (χ2n) is 7.13. The summed E-state index contributed by atoms with van der Waals surface area (Å²) in [7, 11) is 0. The molecule has 0 radical (unpaired) electrons. The van der Waals surface area contributed by atoms with Gasteiger partial charge in [0.1, 0.15) is 23.9 Å². The monoisotopic (exact) mass is 426 g/mol. The van der Waals surface area contributed by atoms with Gasteiger partial charge in [-0.2, -0.15) is 0 Å². The molecule has 8 heteroatoms. The highest BCUT2D eigenvalue weighted by molar-refractivity contribution is 7.18. The van der Waals surface area contributed by atoms with Crippen LogP contribution in [0.3, 0.4) is 0 Å². The molecule has 1 aliphatic carbocycles. The highest BCUT2D eigenvalue weighted by Gasteiger charge is 2.20. The largest absolute Gasteiger partial charge is 0.462 e. The average Bonchev–Trinajstić information content (AvgIpc) is 3.14. The molecule has 0 atom stereocenters. The van der Waals surface area contributed by atoms with Gasteiger partial charge in [0.15, 0.2) is 0 Å². The van der Waals surface area contributed by atoms with Gasteiger partial charge >= 0.3 is 11.9 Å². The summed E-state index contributed by atoms with van der Waals surface area (Å²) in [5, 5.41) is 0.709. The van der Waals surface area contributed by atoms with Gasteiger partial charge in [-0.25, -0.2) is 9.78 Å². The molecular weight excluding hydrogens is 404 g/mol. The summed E-state index contributed by atoms with van der Waals surface area (Å²) in [6.07, 6.45) is 4.57. The number of benzene rings is 1. The molecular formula is C22H22N2O5S. The zero-order valence-electron chi connectivity index (χ0n) is 16.4. The van der Waals surface area contributed by atoms with Crippen molar-refractivity contribution >= 4 is 33.5 Å². The Labute approximate surface area is 177 Å². The van der Waals surface area contributed by atoms with Gasteiger partial charge in [0.25, 0.3) is 5.56 Å². The van der Waals surface area contributed by atoms with Crippen molar-refractivity contribution in [2.75, 3.05) is 13.2 Å². The molecule has 4 rings (SSSR count). The molecule has 7 nitrogen and oxygen atoms in total. The Balaban J connectivity index is 1.26. The van der Waals surface area contributed by atoms with Gasteiger partial charge in [-0.05, 0) is 43.4 Å². The number of nitrogens with zero attached hydrogens (tertiary/aromatic N) is 1. The lowest BCUT2D eigenvalue weighted by molar-refractivity contribution is -0.144. The van der Waals surface area contributed by atoms with Crippen LogP contribution >= 0.6 is 11.3 Å². The summed E-state index contributed by atoms with van der Waals surface area (Å²) in [6, 6.07) is 8.62. The first-order chi connectivity index (χ1) is 14.6. The van der Waals surface area contributed by atoms with Crippen molar-refractivity contribution in [3.05, 3.63) is 62.5 Å². The Hall–Kier alpha value is -3.00. The van der Waals surface area contributed by atoms with Crippen LogP contribution in [-0.2, 0) is 33.5 Å². The van der Waals surface area contributed by atoms with Crippen molar-refractivity contribution in [2.24, 2.45) is 0 Å². The molecule has 0 saturated heterocycles. The molecule has 1 aromatic carbocycles. The van der Waals surface area contributed by atoms with E-state index in [-0.39, 0.29) is 31.6 Å². The van der Waals surface area contributed by atoms with Gasteiger partial charge < -0.3 is 14.5 Å². The fourth-order valence-electron chi connectivity index (χ4n) is 3.57. The standard InChI is InChI=1S/C22H22N2O5S/c25-18(28-12-13-29-22(27)14-6-2-1-3-7-14)11-10-17-23-20(26)19-15-8-4-5-9-16(15)30-21(19)24-17/h1-3,6-7H,4-5,8-13H2,(H,23,24,26). The molecule has 0 aliphatic heterocycles. The van der Waals surface area contributed by atoms with Crippen LogP contribution in [0.5, 0.6) is 0 Å². The van der Waals surface area contributed by atoms with Gasteiger partial charge in [0, 0.05) is 11.3 Å². The predicted molar refractivity (Wildman–Crippen MR) is 113 cm³/mol. The second-order valence-corrected chi connectivity index (χ2v) is 8.21. The number of hydrogen-bond acceptors (Lipinski definition) is 7. The van der Waals surface area contributed by atoms with Crippen LogP contribution in [-0.4, -0.2) is 35.1 Å². The van der Waals surface area contributed by atoms with E-state index in [2.05, 4.69) is 9.97 Å². The number of fused-ring (bicyclic) bond motifs is 3. The lowest BCUT2D eigenvalue weighted by atomic mass is 9.97. The quantitative estimate of drug-likeness (QED) is 0.460. The predicted octanol–water partition coefficient (Wildman–Crippen LogP) is 3.20. The maximum absolute atomic E-state index is 12.5. The maximum Gasteiger partial charge on any atom is 0.338 e. The van der Waals surface area contributed by atoms with E-state index in [4.69, 9.17) is 9.47 Å². The molecule has 3 aromatic rings. The number of H-pyrrole nitrogens is 1. The van der Waals surface area contributed by atoms with Crippen molar-refractivity contribution < 1.29 is 19.1 Å². The number of ether oxygens (including phenoxy) is 2. The Morgan fingerprint density at radius 2 is 1.83 bits per heavy atom. The third-order valence-electron chi connectivity index (χ3n) is 5.03. The zero-order chi connectivity index (χ0) is 20.9. The second kappa shape index (κ2) is 9.21. The third kappa shape index (κ3) is 4.59. The maximum atomic E-state index is 12.5. The summed E-state index contributed by atoms with van der Waals surface area (Å²) >= 11 is 1.58. The van der Waals surface area contributed by atoms with E-state index in [0.717, 1.165) is 36.1 Å². The van der Waals surface area contributed by atoms with Crippen LogP contribution in [0.1, 0.15) is 45.9 Å². The summed E-state index contributed by atoms with van der Waals surface area (Å²) in [4.78, 5) is 45.7. The first-order valence-electron chi connectivity index (χ1n) is 10.0. The van der Waals surface area contributed by atoms with Crippen molar-refractivity contribution in [1.29, 1.82) is 0 Å². The molecule has 0 fully saturated rings. The highest BCUT2D eigenvalue weighted by atomic mass is 32.1. The van der Waals surface area contributed by atoms with Crippen LogP contribution in [0.2, 0.25) is 0 Å². The lowest BCUT2D eigenvalue weighted by Gasteiger charge is -2.09. The first kappa shape index (κ1) is 20.3. The number of rotatable bonds is 7. The Morgan fingerprint density at radius 1 is 1.07 bits per heavy atom. The summed E-state index contributed by atoms with van der Waals surface area (Å²) < 4.78 is 10.2. The van der Waals surface area contributed by atoms with Crippen molar-refractivity contribution in [1.82, 2.24) is 9.97 Å². The summed E-state index contributed by atoms with van der Waals surface area (Å²) in [6.45, 7) is -0.0285. The number of esters is 2. The zero-order valence-corrected chi connectivity index (χ0v) is 17.3. The van der Waals surface area contributed by atoms with E-state index in [0.29, 0.717) is 16.8 Å². The number of carbonyl (C=O) groups is 2. The van der Waals surface area contributed by atoms with Crippen LogP contribution in [0, 0.1) is 0 Å². The molecule has 0 spiro atoms. The lowest BCUT2D eigenvalue weighted by Crippen LogP contribution is -2.16. The minimum Gasteiger partial charge on any atom is -0.462 e. The van der Waals surface area contributed by atoms with Crippen LogP contribution in [0.4, 0.5) is 0 Å². The number of aromatic nitrogens is 2. The molecule has 0 unspecified atom stereocenters. The van der Waals surface area contributed by atoms with Crippen molar-refractivity contribution in [2.45, 2.75) is 38.5 Å². The van der Waals surface area contributed by atoms with E-state index in [1.54, 1.807) is 35.6 Å². The van der Waals surface area contributed by atoms with Gasteiger partial charge in [0.2, 0.25) is 0 Å². The smallest absolute Gasteiger partial charge is 0.338 e. The van der Waals surface area contributed by atoms with Gasteiger partial charge in [-0.15, -0.1) is 11.3 Å². The van der Waals surface area contributed by atoms with Gasteiger partial charge in [0.05, 0.1) is 17.4 Å². The third-order valence-corrected chi connectivity index (χ3v) is 6.21. The molecule has 2 aromatic heterocycles. The molecule has 2 heterocycles. The Bertz CT molecular complexity index is 1120. The van der Waals surface area contributed by atoms with E-state index in [1.807, 2.05) is 6.07 Å². The number of carbonyl (C=O) groups excluding carboxylic acids is 2. The minimum atomic E-state index is -0.458. The van der Waals surface area contributed by atoms with E-state index >= 15 is 0 Å². The molecule has 0 amide bonds. The van der Waals surface area contributed by atoms with Crippen LogP contribution in [0.25, 0.3) is 10.2 Å². The molecule has 0 bridgehead atoms. The molecule has 1 aliphatic rings. The topological polar surface area (TPSA) is 98.3 Å². The van der Waals surface area contributed by atoms with Gasteiger partial charge in [-0.1, -0.05) is 18.2 Å². The molecule has 1 N–H and O–H groups in total. The van der Waals surface area contributed by atoms with Crippen molar-refractivity contribution in [3.63, 3.8) is 0 Å². The average molecular weight is 426 g/mol. The van der Waals surface area contributed by atoms with E-state index in [1.165, 1.54) is 4.88 Å². The number of thiophene rings is 1. The number of aromatic amines is 1. The van der Waals surface area contributed by atoms with Crippen LogP contribution in [0.15, 0.2) is 35.1 Å². The van der Waals surface area contributed by atoms with Crippen molar-refractivity contribution in [3.8, 4) is 0 Å². The summed E-state index contributed by atoms with van der Waals surface area (Å²) in [5.41, 5.74) is 1.46. The number of hydrogen-bond donors (Lipinski definition) is 1. The fraction of sp³-hybridized carbons (Fsp3) is 0.364. The molecule has 156 valence electrons. The fourth-order valence-corrected chi connectivity index (χ4v) is 4.85. The Kier molecular flexibility index (Phi) is 6.23. The first-order valence-corrected chi connectivity index (χ1v) is 10.8. The van der Waals surface area contributed by atoms with E-state index in [9.17, 15) is 14.4 Å².